The fourth-order valence-corrected chi connectivity index (χ4v) is 3.19. The van der Waals surface area contributed by atoms with Gasteiger partial charge >= 0.3 is 6.09 Å². The normalized spacial score (nSPS) is 24.8. The molecule has 24 heavy (non-hydrogen) atoms. The minimum Gasteiger partial charge on any atom is -0.444 e. The molecule has 0 atom stereocenters. The van der Waals surface area contributed by atoms with Crippen molar-refractivity contribution in [1.82, 2.24) is 9.91 Å². The molecule has 2 rings (SSSR count). The Morgan fingerprint density at radius 1 is 1.29 bits per heavy atom. The summed E-state index contributed by atoms with van der Waals surface area (Å²) < 4.78 is 5.33. The van der Waals surface area contributed by atoms with Gasteiger partial charge in [0.05, 0.1) is 18.7 Å². The first-order valence-corrected chi connectivity index (χ1v) is 8.95. The van der Waals surface area contributed by atoms with Gasteiger partial charge in [0.2, 0.25) is 5.91 Å². The summed E-state index contributed by atoms with van der Waals surface area (Å²) in [4.78, 5) is 25.7. The lowest BCUT2D eigenvalue weighted by atomic mass is 9.83. The van der Waals surface area contributed by atoms with Crippen LogP contribution in [0.2, 0.25) is 0 Å². The average Bonchev–Trinajstić information content (AvgIpc) is 2.79. The number of carbonyl (C=O) groups excluding carboxylic acids is 2. The minimum atomic E-state index is -0.525. The predicted octanol–water partition coefficient (Wildman–Crippen LogP) is 3.27. The van der Waals surface area contributed by atoms with Crippen LogP contribution < -0.4 is 0 Å². The van der Waals surface area contributed by atoms with Gasteiger partial charge in [0.15, 0.2) is 0 Å². The number of ether oxygens (including phenoxy) is 1. The highest BCUT2D eigenvalue weighted by molar-refractivity contribution is 6.06. The molecule has 136 valence electrons. The van der Waals surface area contributed by atoms with E-state index in [4.69, 9.17) is 4.74 Å². The molecule has 0 unspecified atom stereocenters. The Morgan fingerprint density at radius 2 is 1.92 bits per heavy atom. The summed E-state index contributed by atoms with van der Waals surface area (Å²) in [5.41, 5.74) is 0.209. The van der Waals surface area contributed by atoms with E-state index in [1.54, 1.807) is 12.1 Å². The molecular weight excluding hydrogens is 306 g/mol. The van der Waals surface area contributed by atoms with Crippen molar-refractivity contribution in [3.8, 4) is 0 Å². The standard InChI is InChI=1S/C18H31N3O3/c1-13-6-8-14(9-7-13)11-21-16(22)10-15(19-21)12-20(5)17(23)24-18(2,3)4/h13-14H,6-12H2,1-5H3. The Morgan fingerprint density at radius 3 is 2.50 bits per heavy atom. The molecule has 0 aromatic rings. The minimum absolute atomic E-state index is 0.0428. The number of rotatable bonds is 4. The van der Waals surface area contributed by atoms with Crippen LogP contribution in [-0.4, -0.2) is 53.4 Å². The van der Waals surface area contributed by atoms with Crippen molar-refractivity contribution >= 4 is 17.7 Å². The Bertz CT molecular complexity index is 502. The van der Waals surface area contributed by atoms with Crippen LogP contribution in [0.4, 0.5) is 4.79 Å². The second kappa shape index (κ2) is 7.53. The highest BCUT2D eigenvalue weighted by Crippen LogP contribution is 2.29. The molecule has 0 saturated heterocycles. The number of amides is 2. The fourth-order valence-electron chi connectivity index (χ4n) is 3.19. The lowest BCUT2D eigenvalue weighted by molar-refractivity contribution is -0.129. The van der Waals surface area contributed by atoms with E-state index in [9.17, 15) is 9.59 Å². The zero-order valence-electron chi connectivity index (χ0n) is 15.7. The molecule has 2 amide bonds. The zero-order chi connectivity index (χ0) is 17.9. The van der Waals surface area contributed by atoms with E-state index in [1.165, 1.54) is 30.6 Å². The van der Waals surface area contributed by atoms with Crippen LogP contribution in [0.5, 0.6) is 0 Å². The summed E-state index contributed by atoms with van der Waals surface area (Å²) in [7, 11) is 1.67. The van der Waals surface area contributed by atoms with Gasteiger partial charge in [-0.05, 0) is 45.4 Å². The van der Waals surface area contributed by atoms with Gasteiger partial charge in [-0.25, -0.2) is 9.80 Å². The third kappa shape index (κ3) is 5.49. The van der Waals surface area contributed by atoms with E-state index in [-0.39, 0.29) is 5.91 Å². The van der Waals surface area contributed by atoms with Gasteiger partial charge in [0.25, 0.3) is 0 Å². The molecule has 1 heterocycles. The van der Waals surface area contributed by atoms with Gasteiger partial charge in [-0.1, -0.05) is 19.8 Å². The maximum Gasteiger partial charge on any atom is 0.410 e. The lowest BCUT2D eigenvalue weighted by Crippen LogP contribution is -2.37. The molecular formula is C18H31N3O3. The van der Waals surface area contributed by atoms with Crippen molar-refractivity contribution in [3.05, 3.63) is 0 Å². The molecule has 0 N–H and O–H groups in total. The number of hydrogen-bond donors (Lipinski definition) is 0. The molecule has 0 bridgehead atoms. The summed E-state index contributed by atoms with van der Waals surface area (Å²) in [6.07, 6.45) is 4.74. The summed E-state index contributed by atoms with van der Waals surface area (Å²) in [6, 6.07) is 0. The highest BCUT2D eigenvalue weighted by atomic mass is 16.6. The molecule has 0 radical (unpaired) electrons. The van der Waals surface area contributed by atoms with Gasteiger partial charge in [0, 0.05) is 13.6 Å². The Balaban J connectivity index is 1.85. The van der Waals surface area contributed by atoms with Gasteiger partial charge in [0.1, 0.15) is 5.60 Å². The third-order valence-electron chi connectivity index (χ3n) is 4.60. The van der Waals surface area contributed by atoms with Crippen LogP contribution in [0.1, 0.15) is 59.8 Å². The molecule has 1 aliphatic carbocycles. The number of hydrogen-bond acceptors (Lipinski definition) is 4. The van der Waals surface area contributed by atoms with Crippen LogP contribution in [0.25, 0.3) is 0 Å². The summed E-state index contributed by atoms with van der Waals surface area (Å²) >= 11 is 0. The van der Waals surface area contributed by atoms with Crippen molar-refractivity contribution in [3.63, 3.8) is 0 Å². The first-order chi connectivity index (χ1) is 11.1. The van der Waals surface area contributed by atoms with Gasteiger partial charge in [-0.2, -0.15) is 5.10 Å². The Hall–Kier alpha value is -1.59. The van der Waals surface area contributed by atoms with E-state index in [1.807, 2.05) is 20.8 Å². The molecule has 1 fully saturated rings. The monoisotopic (exact) mass is 337 g/mol. The second-order valence-electron chi connectivity index (χ2n) is 8.28. The number of nitrogens with zero attached hydrogens (tertiary/aromatic N) is 3. The van der Waals surface area contributed by atoms with E-state index in [0.29, 0.717) is 25.4 Å². The van der Waals surface area contributed by atoms with Gasteiger partial charge in [-0.3, -0.25) is 4.79 Å². The largest absolute Gasteiger partial charge is 0.444 e. The molecule has 0 spiro atoms. The SMILES string of the molecule is CC1CCC(CN2N=C(CN(C)C(=O)OC(C)(C)C)CC2=O)CC1. The highest BCUT2D eigenvalue weighted by Gasteiger charge is 2.29. The first-order valence-electron chi connectivity index (χ1n) is 8.95. The van der Waals surface area contributed by atoms with Crippen LogP contribution in [0, 0.1) is 11.8 Å². The maximum absolute atomic E-state index is 12.2. The molecule has 0 aromatic carbocycles. The molecule has 1 saturated carbocycles. The second-order valence-corrected chi connectivity index (χ2v) is 8.28. The molecule has 1 aliphatic heterocycles. The maximum atomic E-state index is 12.2. The van der Waals surface area contributed by atoms with E-state index in [2.05, 4.69) is 12.0 Å². The quantitative estimate of drug-likeness (QED) is 0.791. The van der Waals surface area contributed by atoms with Crippen LogP contribution >= 0.6 is 0 Å². The Kier molecular flexibility index (Phi) is 5.88. The third-order valence-corrected chi connectivity index (χ3v) is 4.60. The van der Waals surface area contributed by atoms with Gasteiger partial charge in [-0.15, -0.1) is 0 Å². The van der Waals surface area contributed by atoms with Crippen molar-refractivity contribution in [2.45, 2.75) is 65.4 Å². The number of carbonyl (C=O) groups is 2. The lowest BCUT2D eigenvalue weighted by Gasteiger charge is -2.28. The van der Waals surface area contributed by atoms with Crippen LogP contribution in [0.3, 0.4) is 0 Å². The topological polar surface area (TPSA) is 62.2 Å². The molecule has 0 aromatic heterocycles. The molecule has 6 nitrogen and oxygen atoms in total. The van der Waals surface area contributed by atoms with Crippen molar-refractivity contribution in [1.29, 1.82) is 0 Å². The van der Waals surface area contributed by atoms with E-state index in [0.717, 1.165) is 11.6 Å². The average molecular weight is 337 g/mol. The van der Waals surface area contributed by atoms with Crippen molar-refractivity contribution in [2.75, 3.05) is 20.1 Å². The first kappa shape index (κ1) is 18.7. The summed E-state index contributed by atoms with van der Waals surface area (Å²) in [5, 5.41) is 6.06. The predicted molar refractivity (Wildman–Crippen MR) is 93.8 cm³/mol. The zero-order valence-corrected chi connectivity index (χ0v) is 15.7. The van der Waals surface area contributed by atoms with E-state index >= 15 is 0 Å². The Labute approximate surface area is 145 Å². The fraction of sp³-hybridized carbons (Fsp3) is 0.833. The van der Waals surface area contributed by atoms with Crippen molar-refractivity contribution < 1.29 is 14.3 Å². The summed E-state index contributed by atoms with van der Waals surface area (Å²) in [5.74, 6) is 1.40. The summed E-state index contributed by atoms with van der Waals surface area (Å²) in [6.45, 7) is 8.84. The number of hydrazone groups is 1. The van der Waals surface area contributed by atoms with E-state index < -0.39 is 11.7 Å². The van der Waals surface area contributed by atoms with Crippen LogP contribution in [-0.2, 0) is 9.53 Å². The smallest absolute Gasteiger partial charge is 0.410 e. The molecule has 2 aliphatic rings. The van der Waals surface area contributed by atoms with Crippen molar-refractivity contribution in [2.24, 2.45) is 16.9 Å². The van der Waals surface area contributed by atoms with Crippen LogP contribution in [0.15, 0.2) is 5.10 Å². The van der Waals surface area contributed by atoms with Gasteiger partial charge < -0.3 is 9.64 Å². The molecule has 6 heteroatoms.